The summed E-state index contributed by atoms with van der Waals surface area (Å²) >= 11 is 1.45. The highest BCUT2D eigenvalue weighted by Crippen LogP contribution is 2.38. The van der Waals surface area contributed by atoms with Gasteiger partial charge in [-0.25, -0.2) is 0 Å². The minimum Gasteiger partial charge on any atom is -0.466 e. The van der Waals surface area contributed by atoms with Crippen LogP contribution in [-0.2, 0) is 27.2 Å². The molecule has 2 aliphatic rings. The summed E-state index contributed by atoms with van der Waals surface area (Å²) in [5.74, 6) is -1.04. The number of hydrogen-bond acceptors (Lipinski definition) is 6. The number of thiophene rings is 1. The molecule has 2 heterocycles. The molecule has 1 saturated heterocycles. The van der Waals surface area contributed by atoms with E-state index in [0.29, 0.717) is 23.7 Å². The van der Waals surface area contributed by atoms with Crippen molar-refractivity contribution in [3.05, 3.63) is 16.0 Å². The Morgan fingerprint density at radius 1 is 1.31 bits per heavy atom. The maximum atomic E-state index is 12.5. The maximum Gasteiger partial charge on any atom is 0.310 e. The summed E-state index contributed by atoms with van der Waals surface area (Å²) in [6, 6.07) is 0. The number of nitrogens with zero attached hydrogens (tertiary/aromatic N) is 1. The van der Waals surface area contributed by atoms with E-state index in [1.54, 1.807) is 6.92 Å². The predicted octanol–water partition coefficient (Wildman–Crippen LogP) is 1.55. The smallest absolute Gasteiger partial charge is 0.310 e. The minimum atomic E-state index is -0.486. The van der Waals surface area contributed by atoms with Gasteiger partial charge >= 0.3 is 5.97 Å². The van der Waals surface area contributed by atoms with E-state index in [4.69, 9.17) is 10.5 Å². The molecule has 3 N–H and O–H groups in total. The first-order chi connectivity index (χ1) is 12.5. The molecule has 3 rings (SSSR count). The van der Waals surface area contributed by atoms with Gasteiger partial charge in [-0.15, -0.1) is 11.3 Å². The molecule has 0 saturated carbocycles. The monoisotopic (exact) mass is 379 g/mol. The predicted molar refractivity (Wildman–Crippen MR) is 99.3 cm³/mol. The largest absolute Gasteiger partial charge is 0.466 e. The lowest BCUT2D eigenvalue weighted by molar-refractivity contribution is -0.150. The quantitative estimate of drug-likeness (QED) is 0.730. The van der Waals surface area contributed by atoms with Crippen LogP contribution in [0.2, 0.25) is 0 Å². The minimum absolute atomic E-state index is 0.178. The molecule has 1 atom stereocenters. The van der Waals surface area contributed by atoms with Crippen LogP contribution in [0.5, 0.6) is 0 Å². The number of rotatable bonds is 6. The van der Waals surface area contributed by atoms with Crippen LogP contribution in [0.3, 0.4) is 0 Å². The summed E-state index contributed by atoms with van der Waals surface area (Å²) in [4.78, 5) is 39.3. The van der Waals surface area contributed by atoms with E-state index in [-0.39, 0.29) is 24.3 Å². The molecule has 0 radical (unpaired) electrons. The molecule has 142 valence electrons. The van der Waals surface area contributed by atoms with E-state index in [0.717, 1.165) is 49.1 Å². The summed E-state index contributed by atoms with van der Waals surface area (Å²) in [6.45, 7) is 3.65. The van der Waals surface area contributed by atoms with Crippen LogP contribution < -0.4 is 11.1 Å². The number of nitrogens with one attached hydrogen (secondary N) is 1. The number of piperidine rings is 1. The van der Waals surface area contributed by atoms with Crippen molar-refractivity contribution in [2.45, 2.75) is 39.0 Å². The highest BCUT2D eigenvalue weighted by molar-refractivity contribution is 7.17. The zero-order chi connectivity index (χ0) is 18.7. The van der Waals surface area contributed by atoms with Crippen LogP contribution in [0.1, 0.15) is 47.0 Å². The lowest BCUT2D eigenvalue weighted by Gasteiger charge is -2.30. The van der Waals surface area contributed by atoms with Gasteiger partial charge in [0.1, 0.15) is 5.00 Å². The Morgan fingerprint density at radius 2 is 2.12 bits per heavy atom. The third-order valence-corrected chi connectivity index (χ3v) is 6.12. The molecule has 1 aromatic rings. The van der Waals surface area contributed by atoms with E-state index in [1.165, 1.54) is 11.3 Å². The number of primary amides is 1. The molecule has 0 spiro atoms. The van der Waals surface area contributed by atoms with Crippen molar-refractivity contribution in [3.63, 3.8) is 0 Å². The van der Waals surface area contributed by atoms with Crippen LogP contribution in [0.4, 0.5) is 5.00 Å². The van der Waals surface area contributed by atoms with Crippen LogP contribution in [0.25, 0.3) is 0 Å². The molecular formula is C18H25N3O4S. The Hall–Kier alpha value is -1.93. The normalized spacial score (nSPS) is 19.8. The van der Waals surface area contributed by atoms with Crippen LogP contribution in [0, 0.1) is 5.92 Å². The molecule has 0 unspecified atom stereocenters. The average Bonchev–Trinajstić information content (AvgIpc) is 3.15. The number of ether oxygens (including phenoxy) is 1. The van der Waals surface area contributed by atoms with Gasteiger partial charge in [-0.1, -0.05) is 0 Å². The molecular weight excluding hydrogens is 354 g/mol. The zero-order valence-corrected chi connectivity index (χ0v) is 15.8. The molecule has 1 aliphatic carbocycles. The summed E-state index contributed by atoms with van der Waals surface area (Å²) in [5.41, 5.74) is 7.00. The van der Waals surface area contributed by atoms with Crippen molar-refractivity contribution in [2.75, 3.05) is 31.6 Å². The van der Waals surface area contributed by atoms with Crippen molar-refractivity contribution >= 4 is 34.1 Å². The third-order valence-electron chi connectivity index (χ3n) is 4.91. The molecule has 1 aromatic heterocycles. The van der Waals surface area contributed by atoms with Crippen LogP contribution >= 0.6 is 11.3 Å². The second kappa shape index (κ2) is 8.18. The maximum absolute atomic E-state index is 12.5. The first-order valence-corrected chi connectivity index (χ1v) is 9.94. The summed E-state index contributed by atoms with van der Waals surface area (Å²) < 4.78 is 5.09. The third kappa shape index (κ3) is 4.07. The SMILES string of the molecule is CCOC(=O)[C@@H]1CCCN(CC(=O)Nc2sc3c(c2C(N)=O)CCC3)C1. The van der Waals surface area contributed by atoms with Gasteiger partial charge in [-0.3, -0.25) is 19.3 Å². The molecule has 1 aliphatic heterocycles. The number of aryl methyl sites for hydroxylation is 1. The van der Waals surface area contributed by atoms with Gasteiger partial charge in [0.05, 0.1) is 24.6 Å². The Morgan fingerprint density at radius 3 is 2.85 bits per heavy atom. The number of carbonyl (C=O) groups is 3. The number of carbonyl (C=O) groups excluding carboxylic acids is 3. The fourth-order valence-corrected chi connectivity index (χ4v) is 5.08. The number of hydrogen-bond donors (Lipinski definition) is 2. The molecule has 2 amide bonds. The van der Waals surface area contributed by atoms with Crippen LogP contribution in [0.15, 0.2) is 0 Å². The van der Waals surface area contributed by atoms with Gasteiger partial charge < -0.3 is 15.8 Å². The van der Waals surface area contributed by atoms with E-state index in [2.05, 4.69) is 5.32 Å². The Bertz CT molecular complexity index is 716. The summed E-state index contributed by atoms with van der Waals surface area (Å²) in [5, 5.41) is 3.42. The summed E-state index contributed by atoms with van der Waals surface area (Å²) in [7, 11) is 0. The average molecular weight is 379 g/mol. The van der Waals surface area contributed by atoms with Crippen molar-refractivity contribution in [2.24, 2.45) is 11.7 Å². The number of fused-ring (bicyclic) bond motifs is 1. The van der Waals surface area contributed by atoms with Crippen molar-refractivity contribution in [1.29, 1.82) is 0 Å². The molecule has 1 fully saturated rings. The van der Waals surface area contributed by atoms with Crippen LogP contribution in [-0.4, -0.2) is 48.9 Å². The van der Waals surface area contributed by atoms with E-state index in [1.807, 2.05) is 4.90 Å². The first-order valence-electron chi connectivity index (χ1n) is 9.12. The number of nitrogens with two attached hydrogens (primary N) is 1. The summed E-state index contributed by atoms with van der Waals surface area (Å²) in [6.07, 6.45) is 4.45. The molecule has 7 nitrogen and oxygen atoms in total. The van der Waals surface area contributed by atoms with Gasteiger partial charge in [0.2, 0.25) is 5.91 Å². The highest BCUT2D eigenvalue weighted by atomic mass is 32.1. The zero-order valence-electron chi connectivity index (χ0n) is 15.0. The lowest BCUT2D eigenvalue weighted by atomic mass is 9.98. The number of esters is 1. The Balaban J connectivity index is 1.61. The van der Waals surface area contributed by atoms with Gasteiger partial charge in [0.15, 0.2) is 0 Å². The lowest BCUT2D eigenvalue weighted by Crippen LogP contribution is -2.43. The van der Waals surface area contributed by atoms with Gasteiger partial charge in [0.25, 0.3) is 5.91 Å². The second-order valence-corrected chi connectivity index (χ2v) is 7.91. The molecule has 26 heavy (non-hydrogen) atoms. The van der Waals surface area contributed by atoms with E-state index >= 15 is 0 Å². The highest BCUT2D eigenvalue weighted by Gasteiger charge is 2.29. The second-order valence-electron chi connectivity index (χ2n) is 6.80. The molecule has 0 bridgehead atoms. The van der Waals surface area contributed by atoms with E-state index in [9.17, 15) is 14.4 Å². The van der Waals surface area contributed by atoms with Crippen molar-refractivity contribution in [1.82, 2.24) is 4.90 Å². The topological polar surface area (TPSA) is 102 Å². The first kappa shape index (κ1) is 18.8. The van der Waals surface area contributed by atoms with E-state index < -0.39 is 5.91 Å². The fourth-order valence-electron chi connectivity index (χ4n) is 3.77. The van der Waals surface area contributed by atoms with Crippen molar-refractivity contribution in [3.8, 4) is 0 Å². The Kier molecular flexibility index (Phi) is 5.93. The molecule has 0 aromatic carbocycles. The standard InChI is InChI=1S/C18H25N3O4S/c1-2-25-18(24)11-5-4-8-21(9-11)10-14(22)20-17-15(16(19)23)12-6-3-7-13(12)26-17/h11H,2-10H2,1H3,(H2,19,23)(H,20,22)/t11-/m1/s1. The fraction of sp³-hybridized carbons (Fsp3) is 0.611. The number of likely N-dealkylation sites (tertiary alicyclic amines) is 1. The number of amides is 2. The van der Waals surface area contributed by atoms with Gasteiger partial charge in [-0.05, 0) is 51.1 Å². The van der Waals surface area contributed by atoms with Gasteiger partial charge in [0, 0.05) is 11.4 Å². The Labute approximate surface area is 156 Å². The molecule has 8 heteroatoms. The van der Waals surface area contributed by atoms with Crippen molar-refractivity contribution < 1.29 is 19.1 Å². The number of anilines is 1. The van der Waals surface area contributed by atoms with Gasteiger partial charge in [-0.2, -0.15) is 0 Å².